The van der Waals surface area contributed by atoms with Gasteiger partial charge < -0.3 is 10.0 Å². The van der Waals surface area contributed by atoms with Gasteiger partial charge in [-0.05, 0) is 32.0 Å². The Balaban J connectivity index is 1.61. The van der Waals surface area contributed by atoms with Crippen molar-refractivity contribution in [2.75, 3.05) is 32.8 Å². The molecule has 2 aliphatic heterocycles. The minimum atomic E-state index is -0.396. The van der Waals surface area contributed by atoms with Crippen molar-refractivity contribution >= 4 is 0 Å². The summed E-state index contributed by atoms with van der Waals surface area (Å²) in [6, 6.07) is 0. The van der Waals surface area contributed by atoms with E-state index in [-0.39, 0.29) is 0 Å². The summed E-state index contributed by atoms with van der Waals surface area (Å²) < 4.78 is 0. The number of piperidine rings is 1. The zero-order valence-electron chi connectivity index (χ0n) is 10.3. The molecular formula is C13H22N2O2. The van der Waals surface area contributed by atoms with Crippen molar-refractivity contribution < 1.29 is 9.94 Å². The highest BCUT2D eigenvalue weighted by Crippen LogP contribution is 2.09. The molecule has 2 rings (SSSR count). The Hall–Kier alpha value is -0.840. The molecule has 0 aromatic carbocycles. The fourth-order valence-electron chi connectivity index (χ4n) is 2.22. The lowest BCUT2D eigenvalue weighted by molar-refractivity contribution is -0.142. The van der Waals surface area contributed by atoms with E-state index in [4.69, 9.17) is 4.84 Å². The minimum Gasteiger partial charge on any atom is -0.389 e. The van der Waals surface area contributed by atoms with E-state index in [2.05, 4.69) is 4.90 Å². The second-order valence-corrected chi connectivity index (χ2v) is 4.68. The number of rotatable bonds is 5. The molecule has 96 valence electrons. The molecule has 0 aliphatic carbocycles. The lowest BCUT2D eigenvalue weighted by Gasteiger charge is -2.29. The van der Waals surface area contributed by atoms with Gasteiger partial charge in [-0.3, -0.25) is 9.90 Å². The number of allylic oxidation sites excluding steroid dienone is 2. The van der Waals surface area contributed by atoms with E-state index >= 15 is 0 Å². The Morgan fingerprint density at radius 2 is 2.00 bits per heavy atom. The maximum atomic E-state index is 9.90. The Bertz CT molecular complexity index is 273. The molecular weight excluding hydrogens is 216 g/mol. The molecule has 1 atom stereocenters. The van der Waals surface area contributed by atoms with Gasteiger partial charge in [-0.2, -0.15) is 0 Å². The van der Waals surface area contributed by atoms with Crippen LogP contribution in [0.25, 0.3) is 0 Å². The average molecular weight is 238 g/mol. The molecule has 0 amide bonds. The summed E-state index contributed by atoms with van der Waals surface area (Å²) in [5, 5.41) is 11.6. The van der Waals surface area contributed by atoms with Crippen LogP contribution in [0.1, 0.15) is 19.3 Å². The van der Waals surface area contributed by atoms with Crippen molar-refractivity contribution in [3.8, 4) is 0 Å². The Kier molecular flexibility index (Phi) is 5.04. The van der Waals surface area contributed by atoms with Crippen molar-refractivity contribution in [1.29, 1.82) is 0 Å². The van der Waals surface area contributed by atoms with Crippen LogP contribution in [-0.4, -0.2) is 54.0 Å². The third-order valence-electron chi connectivity index (χ3n) is 3.14. The number of aliphatic hydroxyl groups is 1. The molecule has 0 unspecified atom stereocenters. The predicted molar refractivity (Wildman–Crippen MR) is 67.2 cm³/mol. The van der Waals surface area contributed by atoms with Gasteiger partial charge in [-0.15, -0.1) is 0 Å². The Labute approximate surface area is 103 Å². The van der Waals surface area contributed by atoms with Crippen LogP contribution in [0, 0.1) is 0 Å². The van der Waals surface area contributed by atoms with Gasteiger partial charge in [0.15, 0.2) is 0 Å². The number of aliphatic hydroxyl groups excluding tert-OH is 1. The smallest absolute Gasteiger partial charge is 0.102 e. The van der Waals surface area contributed by atoms with E-state index in [1.165, 1.54) is 19.3 Å². The van der Waals surface area contributed by atoms with E-state index in [1.807, 2.05) is 24.4 Å². The zero-order valence-corrected chi connectivity index (χ0v) is 10.3. The van der Waals surface area contributed by atoms with Gasteiger partial charge >= 0.3 is 0 Å². The molecule has 2 aliphatic rings. The van der Waals surface area contributed by atoms with E-state index in [0.29, 0.717) is 6.61 Å². The second-order valence-electron chi connectivity index (χ2n) is 4.68. The van der Waals surface area contributed by atoms with Crippen molar-refractivity contribution in [2.45, 2.75) is 25.4 Å². The number of hydrogen-bond donors (Lipinski definition) is 1. The van der Waals surface area contributed by atoms with Crippen LogP contribution >= 0.6 is 0 Å². The molecule has 17 heavy (non-hydrogen) atoms. The van der Waals surface area contributed by atoms with Gasteiger partial charge in [-0.25, -0.2) is 0 Å². The van der Waals surface area contributed by atoms with Gasteiger partial charge in [0.2, 0.25) is 0 Å². The number of β-amino-alcohol motifs (C(OH)–C–C–N with tert-alkyl or cyclic N) is 1. The third-order valence-corrected chi connectivity index (χ3v) is 3.14. The SMILES string of the molecule is O[C@H](CON1C=CC=CC1)CN1CCCCC1. The topological polar surface area (TPSA) is 35.9 Å². The molecule has 1 saturated heterocycles. The maximum absolute atomic E-state index is 9.90. The Morgan fingerprint density at radius 1 is 1.18 bits per heavy atom. The van der Waals surface area contributed by atoms with Crippen LogP contribution in [-0.2, 0) is 4.84 Å². The largest absolute Gasteiger partial charge is 0.389 e. The first-order valence-electron chi connectivity index (χ1n) is 6.48. The maximum Gasteiger partial charge on any atom is 0.102 e. The summed E-state index contributed by atoms with van der Waals surface area (Å²) in [5.41, 5.74) is 0. The predicted octanol–water partition coefficient (Wildman–Crippen LogP) is 1.15. The van der Waals surface area contributed by atoms with Crippen LogP contribution in [0.3, 0.4) is 0 Å². The first-order valence-corrected chi connectivity index (χ1v) is 6.48. The summed E-state index contributed by atoms with van der Waals surface area (Å²) >= 11 is 0. The van der Waals surface area contributed by atoms with Crippen LogP contribution in [0.15, 0.2) is 24.4 Å². The van der Waals surface area contributed by atoms with E-state index in [9.17, 15) is 5.11 Å². The number of hydrogen-bond acceptors (Lipinski definition) is 4. The van der Waals surface area contributed by atoms with Crippen molar-refractivity contribution in [2.24, 2.45) is 0 Å². The fraction of sp³-hybridized carbons (Fsp3) is 0.692. The van der Waals surface area contributed by atoms with Crippen LogP contribution in [0.2, 0.25) is 0 Å². The summed E-state index contributed by atoms with van der Waals surface area (Å²) in [6.07, 6.45) is 11.3. The lowest BCUT2D eigenvalue weighted by Crippen LogP contribution is -2.39. The lowest BCUT2D eigenvalue weighted by atomic mass is 10.1. The molecule has 2 heterocycles. The molecule has 1 N–H and O–H groups in total. The molecule has 0 aromatic heterocycles. The molecule has 0 bridgehead atoms. The molecule has 0 spiro atoms. The molecule has 4 heteroatoms. The molecule has 1 fully saturated rings. The molecule has 0 aromatic rings. The van der Waals surface area contributed by atoms with Gasteiger partial charge in [0.05, 0.1) is 12.6 Å². The quantitative estimate of drug-likeness (QED) is 0.779. The van der Waals surface area contributed by atoms with Crippen LogP contribution < -0.4 is 0 Å². The second kappa shape index (κ2) is 6.79. The number of hydroxylamine groups is 2. The summed E-state index contributed by atoms with van der Waals surface area (Å²) in [6.45, 7) is 4.09. The van der Waals surface area contributed by atoms with Crippen LogP contribution in [0.4, 0.5) is 0 Å². The summed E-state index contributed by atoms with van der Waals surface area (Å²) in [4.78, 5) is 7.83. The van der Waals surface area contributed by atoms with Crippen LogP contribution in [0.5, 0.6) is 0 Å². The minimum absolute atomic E-state index is 0.370. The fourth-order valence-corrected chi connectivity index (χ4v) is 2.22. The van der Waals surface area contributed by atoms with Gasteiger partial charge in [0.1, 0.15) is 6.61 Å². The molecule has 0 saturated carbocycles. The number of likely N-dealkylation sites (tertiary alicyclic amines) is 1. The van der Waals surface area contributed by atoms with E-state index < -0.39 is 6.10 Å². The van der Waals surface area contributed by atoms with Crippen molar-refractivity contribution in [3.63, 3.8) is 0 Å². The van der Waals surface area contributed by atoms with Gasteiger partial charge in [0, 0.05) is 12.7 Å². The number of nitrogens with zero attached hydrogens (tertiary/aromatic N) is 2. The Morgan fingerprint density at radius 3 is 2.71 bits per heavy atom. The van der Waals surface area contributed by atoms with E-state index in [1.54, 1.807) is 5.06 Å². The standard InChI is InChI=1S/C13H22N2O2/c16-13(11-14-7-3-1-4-8-14)12-17-15-9-5-2-6-10-15/h2,5-6,9,13,16H,1,3-4,7-8,10-12H2/t13-/m0/s1. The van der Waals surface area contributed by atoms with Gasteiger partial charge in [0.25, 0.3) is 0 Å². The van der Waals surface area contributed by atoms with E-state index in [0.717, 1.165) is 26.2 Å². The first-order chi connectivity index (χ1) is 8.34. The van der Waals surface area contributed by atoms with Crippen molar-refractivity contribution in [3.05, 3.63) is 24.4 Å². The highest BCUT2D eigenvalue weighted by molar-refractivity contribution is 5.06. The highest BCUT2D eigenvalue weighted by Gasteiger charge is 2.15. The van der Waals surface area contributed by atoms with Crippen molar-refractivity contribution in [1.82, 2.24) is 9.96 Å². The van der Waals surface area contributed by atoms with Gasteiger partial charge in [-0.1, -0.05) is 18.6 Å². The molecule has 4 nitrogen and oxygen atoms in total. The monoisotopic (exact) mass is 238 g/mol. The average Bonchev–Trinajstić information content (AvgIpc) is 2.39. The zero-order chi connectivity index (χ0) is 11.9. The molecule has 0 radical (unpaired) electrons. The summed E-state index contributed by atoms with van der Waals surface area (Å²) in [7, 11) is 0. The first kappa shape index (κ1) is 12.6. The summed E-state index contributed by atoms with van der Waals surface area (Å²) in [5.74, 6) is 0. The highest BCUT2D eigenvalue weighted by atomic mass is 16.7. The normalized spacial score (nSPS) is 23.0. The third kappa shape index (κ3) is 4.50.